The lowest BCUT2D eigenvalue weighted by atomic mass is 10.0. The second-order valence-electron chi connectivity index (χ2n) is 4.58. The van der Waals surface area contributed by atoms with Gasteiger partial charge in [0, 0.05) is 25.2 Å². The van der Waals surface area contributed by atoms with Crippen molar-refractivity contribution in [3.8, 4) is 0 Å². The number of likely N-dealkylation sites (N-methyl/N-ethyl adjacent to an activating group) is 1. The summed E-state index contributed by atoms with van der Waals surface area (Å²) in [5.41, 5.74) is 2.77. The topological polar surface area (TPSA) is 92.5 Å². The number of nitrogens with zero attached hydrogens (tertiary/aromatic N) is 3. The Labute approximate surface area is 135 Å². The highest BCUT2D eigenvalue weighted by atomic mass is 16.6. The zero-order chi connectivity index (χ0) is 17.2. The highest BCUT2D eigenvalue weighted by Crippen LogP contribution is 2.12. The molecule has 0 aliphatic carbocycles. The number of nitrogens with one attached hydrogen (secondary N) is 1. The monoisotopic (exact) mass is 316 g/mol. The van der Waals surface area contributed by atoms with Crippen LogP contribution in [0.4, 0.5) is 0 Å². The number of benzene rings is 1. The summed E-state index contributed by atoms with van der Waals surface area (Å²) >= 11 is 0. The molecule has 7 nitrogen and oxygen atoms in total. The Balaban J connectivity index is 2.95. The highest BCUT2D eigenvalue weighted by molar-refractivity contribution is 6.45. The lowest BCUT2D eigenvalue weighted by molar-refractivity contribution is -0.114. The van der Waals surface area contributed by atoms with Crippen LogP contribution in [0, 0.1) is 0 Å². The number of oxime groups is 1. The van der Waals surface area contributed by atoms with Gasteiger partial charge in [-0.05, 0) is 13.8 Å². The molecule has 0 bridgehead atoms. The Morgan fingerprint density at radius 3 is 2.57 bits per heavy atom. The fourth-order valence-corrected chi connectivity index (χ4v) is 1.78. The average molecular weight is 316 g/mol. The summed E-state index contributed by atoms with van der Waals surface area (Å²) in [4.78, 5) is 35.1. The number of aliphatic imine (C=N–C) groups is 2. The van der Waals surface area contributed by atoms with Crippen molar-refractivity contribution in [2.45, 2.75) is 20.5 Å². The van der Waals surface area contributed by atoms with E-state index >= 15 is 0 Å². The smallest absolute Gasteiger partial charge is 0.269 e. The molecule has 0 fully saturated rings. The van der Waals surface area contributed by atoms with Crippen molar-refractivity contribution in [1.82, 2.24) is 5.32 Å². The van der Waals surface area contributed by atoms with Gasteiger partial charge in [-0.15, -0.1) is 0 Å². The van der Waals surface area contributed by atoms with Crippen LogP contribution >= 0.6 is 0 Å². The van der Waals surface area contributed by atoms with Crippen molar-refractivity contribution in [1.29, 1.82) is 0 Å². The lowest BCUT2D eigenvalue weighted by Gasteiger charge is -2.10. The van der Waals surface area contributed by atoms with Crippen molar-refractivity contribution in [3.63, 3.8) is 0 Å². The van der Waals surface area contributed by atoms with Gasteiger partial charge < -0.3 is 10.2 Å². The minimum absolute atomic E-state index is 0.165. The fourth-order valence-electron chi connectivity index (χ4n) is 1.78. The van der Waals surface area contributed by atoms with E-state index in [1.165, 1.54) is 0 Å². The van der Waals surface area contributed by atoms with Crippen LogP contribution in [0.3, 0.4) is 0 Å². The van der Waals surface area contributed by atoms with E-state index in [1.54, 1.807) is 34.0 Å². The average Bonchev–Trinajstić information content (AvgIpc) is 2.56. The summed E-state index contributed by atoms with van der Waals surface area (Å²) in [6.07, 6.45) is 0.455. The lowest BCUT2D eigenvalue weighted by Crippen LogP contribution is -2.29. The second kappa shape index (κ2) is 9.24. The summed E-state index contributed by atoms with van der Waals surface area (Å²) < 4.78 is 0. The van der Waals surface area contributed by atoms with E-state index in [0.717, 1.165) is 5.56 Å². The molecular weight excluding hydrogens is 296 g/mol. The zero-order valence-corrected chi connectivity index (χ0v) is 13.7. The van der Waals surface area contributed by atoms with Gasteiger partial charge in [0.1, 0.15) is 12.3 Å². The summed E-state index contributed by atoms with van der Waals surface area (Å²) in [6.45, 7) is 3.52. The van der Waals surface area contributed by atoms with Crippen LogP contribution in [0.2, 0.25) is 0 Å². The predicted molar refractivity (Wildman–Crippen MR) is 90.0 cm³/mol. The van der Waals surface area contributed by atoms with Gasteiger partial charge in [-0.1, -0.05) is 29.4 Å². The summed E-state index contributed by atoms with van der Waals surface area (Å²) in [5, 5.41) is 6.47. The van der Waals surface area contributed by atoms with Gasteiger partial charge in [0.25, 0.3) is 5.91 Å². The van der Waals surface area contributed by atoms with Crippen molar-refractivity contribution in [2.75, 3.05) is 14.1 Å². The van der Waals surface area contributed by atoms with Crippen LogP contribution in [0.15, 0.2) is 39.4 Å². The molecule has 0 saturated heterocycles. The normalized spacial score (nSPS) is 12.8. The third-order valence-corrected chi connectivity index (χ3v) is 3.13. The Morgan fingerprint density at radius 2 is 1.96 bits per heavy atom. The van der Waals surface area contributed by atoms with Crippen LogP contribution in [0.5, 0.6) is 0 Å². The van der Waals surface area contributed by atoms with Crippen molar-refractivity contribution in [2.24, 2.45) is 15.1 Å². The standard InChI is InChI=1S/C16H20N4O3/c1-11(19-10-21)12(2)20-23-9-13-7-5-6-8-14(13)15(17-3)16(22)18-4/h5-8,10H,9H2,1-4H3,(H,18,22)/b17-15?,19-11?,20-12+. The van der Waals surface area contributed by atoms with Gasteiger partial charge in [-0.2, -0.15) is 0 Å². The van der Waals surface area contributed by atoms with Crippen molar-refractivity contribution in [3.05, 3.63) is 35.4 Å². The first kappa shape index (κ1) is 18.2. The molecule has 0 unspecified atom stereocenters. The number of rotatable bonds is 7. The summed E-state index contributed by atoms with van der Waals surface area (Å²) in [6, 6.07) is 7.30. The Morgan fingerprint density at radius 1 is 1.26 bits per heavy atom. The van der Waals surface area contributed by atoms with E-state index in [0.29, 0.717) is 29.1 Å². The molecule has 122 valence electrons. The fraction of sp³-hybridized carbons (Fsp3) is 0.312. The molecule has 7 heteroatoms. The number of carbonyl (C=O) groups excluding carboxylic acids is 2. The number of hydrogen-bond donors (Lipinski definition) is 1. The first-order valence-electron chi connectivity index (χ1n) is 6.97. The van der Waals surface area contributed by atoms with Crippen molar-refractivity contribution >= 4 is 29.5 Å². The molecule has 1 aromatic rings. The minimum atomic E-state index is -0.270. The summed E-state index contributed by atoms with van der Waals surface area (Å²) in [5.74, 6) is -0.270. The van der Waals surface area contributed by atoms with Crippen LogP contribution < -0.4 is 5.32 Å². The van der Waals surface area contributed by atoms with E-state index in [4.69, 9.17) is 4.84 Å². The van der Waals surface area contributed by atoms with Crippen molar-refractivity contribution < 1.29 is 14.4 Å². The maximum atomic E-state index is 11.9. The van der Waals surface area contributed by atoms with Gasteiger partial charge >= 0.3 is 0 Å². The third-order valence-electron chi connectivity index (χ3n) is 3.13. The molecule has 1 rings (SSSR count). The Bertz CT molecular complexity index is 663. The van der Waals surface area contributed by atoms with E-state index in [9.17, 15) is 9.59 Å². The number of hydrogen-bond acceptors (Lipinski definition) is 5. The van der Waals surface area contributed by atoms with E-state index < -0.39 is 0 Å². The van der Waals surface area contributed by atoms with Gasteiger partial charge in [-0.25, -0.2) is 4.99 Å². The highest BCUT2D eigenvalue weighted by Gasteiger charge is 2.15. The molecular formula is C16H20N4O3. The first-order chi connectivity index (χ1) is 11.0. The molecule has 2 amide bonds. The van der Waals surface area contributed by atoms with E-state index in [1.807, 2.05) is 18.2 Å². The molecule has 23 heavy (non-hydrogen) atoms. The molecule has 0 saturated carbocycles. The molecule has 0 aromatic heterocycles. The SMILES string of the molecule is CN=C(C(=O)NC)c1ccccc1CO/N=C(\C)C(C)=NC=O. The van der Waals surface area contributed by atoms with Crippen LogP contribution in [0.25, 0.3) is 0 Å². The van der Waals surface area contributed by atoms with Gasteiger partial charge in [0.05, 0.1) is 11.4 Å². The molecule has 0 atom stereocenters. The third kappa shape index (κ3) is 5.14. The molecule has 1 N–H and O–H groups in total. The maximum absolute atomic E-state index is 11.9. The largest absolute Gasteiger partial charge is 0.391 e. The van der Waals surface area contributed by atoms with Crippen LogP contribution in [-0.2, 0) is 21.0 Å². The Kier molecular flexibility index (Phi) is 7.32. The van der Waals surface area contributed by atoms with E-state index in [-0.39, 0.29) is 12.5 Å². The van der Waals surface area contributed by atoms with E-state index in [2.05, 4.69) is 20.5 Å². The van der Waals surface area contributed by atoms with Crippen LogP contribution in [0.1, 0.15) is 25.0 Å². The Hall–Kier alpha value is -2.83. The molecule has 1 aromatic carbocycles. The first-order valence-corrected chi connectivity index (χ1v) is 6.97. The number of carbonyl (C=O) groups is 2. The quantitative estimate of drug-likeness (QED) is 0.467. The van der Waals surface area contributed by atoms with Crippen LogP contribution in [-0.4, -0.2) is 43.5 Å². The zero-order valence-electron chi connectivity index (χ0n) is 13.7. The summed E-state index contributed by atoms with van der Waals surface area (Å²) in [7, 11) is 3.11. The molecule has 0 heterocycles. The van der Waals surface area contributed by atoms with Gasteiger partial charge in [0.15, 0.2) is 0 Å². The maximum Gasteiger partial charge on any atom is 0.269 e. The molecule has 0 radical (unpaired) electrons. The van der Waals surface area contributed by atoms with Gasteiger partial charge in [-0.3, -0.25) is 14.6 Å². The predicted octanol–water partition coefficient (Wildman–Crippen LogP) is 1.36. The molecule has 0 aliphatic heterocycles. The molecule has 0 aliphatic rings. The minimum Gasteiger partial charge on any atom is -0.391 e. The molecule has 0 spiro atoms. The second-order valence-corrected chi connectivity index (χ2v) is 4.58. The van der Waals surface area contributed by atoms with Gasteiger partial charge in [0.2, 0.25) is 6.41 Å². The number of amides is 2.